The molecule has 0 N–H and O–H groups in total. The molecule has 0 aliphatic carbocycles. The van der Waals surface area contributed by atoms with Crippen LogP contribution in [0.3, 0.4) is 0 Å². The van der Waals surface area contributed by atoms with E-state index in [2.05, 4.69) is 39.9 Å². The molecule has 0 aromatic carbocycles. The van der Waals surface area contributed by atoms with E-state index in [1.165, 1.54) is 0 Å². The molecule has 0 bridgehead atoms. The van der Waals surface area contributed by atoms with E-state index in [0.717, 1.165) is 0 Å². The third-order valence-electron chi connectivity index (χ3n) is 2.72. The number of nitriles is 1. The van der Waals surface area contributed by atoms with Gasteiger partial charge in [-0.15, -0.1) is 0 Å². The van der Waals surface area contributed by atoms with Crippen molar-refractivity contribution in [3.8, 4) is 6.07 Å². The second kappa shape index (κ2) is 4.76. The van der Waals surface area contributed by atoms with Gasteiger partial charge in [-0.25, -0.2) is 0 Å². The van der Waals surface area contributed by atoms with Gasteiger partial charge in [0.1, 0.15) is 0 Å². The first-order chi connectivity index (χ1) is 6.24. The van der Waals surface area contributed by atoms with Gasteiger partial charge in [0.2, 0.25) is 0 Å². The Balaban J connectivity index is 4.58. The Kier molecular flexibility index (Phi) is 4.56. The minimum atomic E-state index is -1.80. The summed E-state index contributed by atoms with van der Waals surface area (Å²) in [4.78, 5) is 0. The van der Waals surface area contributed by atoms with Crippen molar-refractivity contribution in [2.45, 2.75) is 51.9 Å². The van der Waals surface area contributed by atoms with Crippen molar-refractivity contribution in [3.63, 3.8) is 0 Å². The minimum Gasteiger partial charge on any atom is -0.398 e. The van der Waals surface area contributed by atoms with E-state index in [1.54, 1.807) is 6.08 Å². The smallest absolute Gasteiger partial charge is 0.194 e. The van der Waals surface area contributed by atoms with Crippen molar-refractivity contribution in [1.82, 2.24) is 0 Å². The quantitative estimate of drug-likeness (QED) is 0.529. The molecule has 0 saturated carbocycles. The van der Waals surface area contributed by atoms with Gasteiger partial charge in [0.25, 0.3) is 0 Å². The van der Waals surface area contributed by atoms with Gasteiger partial charge in [0, 0.05) is 0 Å². The summed E-state index contributed by atoms with van der Waals surface area (Å²) in [7, 11) is -1.80. The van der Waals surface area contributed by atoms with Gasteiger partial charge in [-0.2, -0.15) is 5.26 Å². The summed E-state index contributed by atoms with van der Waals surface area (Å²) in [6.45, 7) is 12.7. The minimum absolute atomic E-state index is 0.156. The summed E-state index contributed by atoms with van der Waals surface area (Å²) in [6, 6.07) is 2.16. The van der Waals surface area contributed by atoms with Crippen molar-refractivity contribution in [3.05, 3.63) is 12.2 Å². The highest BCUT2D eigenvalue weighted by molar-refractivity contribution is 6.74. The van der Waals surface area contributed by atoms with Crippen LogP contribution >= 0.6 is 0 Å². The average Bonchev–Trinajstić information content (AvgIpc) is 2.01. The lowest BCUT2D eigenvalue weighted by Crippen LogP contribution is -2.43. The van der Waals surface area contributed by atoms with Gasteiger partial charge in [-0.1, -0.05) is 26.8 Å². The SMILES string of the molecule is C/C=C/[C@H](C#N)O[Si](C)(C)C(C)(C)C. The van der Waals surface area contributed by atoms with Crippen LogP contribution in [0.15, 0.2) is 12.2 Å². The van der Waals surface area contributed by atoms with Gasteiger partial charge in [-0.05, 0) is 31.1 Å². The number of hydrogen-bond acceptors (Lipinski definition) is 2. The fourth-order valence-corrected chi connectivity index (χ4v) is 1.90. The maximum atomic E-state index is 8.88. The molecule has 0 heterocycles. The number of rotatable bonds is 3. The summed E-state index contributed by atoms with van der Waals surface area (Å²) in [5.74, 6) is 0. The molecule has 1 atom stereocenters. The van der Waals surface area contributed by atoms with E-state index in [1.807, 2.05) is 13.0 Å². The Morgan fingerprint density at radius 3 is 2.14 bits per heavy atom. The highest BCUT2D eigenvalue weighted by Crippen LogP contribution is 2.37. The fourth-order valence-electron chi connectivity index (χ4n) is 0.778. The molecule has 3 heteroatoms. The molecule has 80 valence electrons. The summed E-state index contributed by atoms with van der Waals surface area (Å²) >= 11 is 0. The lowest BCUT2D eigenvalue weighted by atomic mass is 10.2. The molecule has 14 heavy (non-hydrogen) atoms. The zero-order valence-electron chi connectivity index (χ0n) is 10.1. The third kappa shape index (κ3) is 3.65. The van der Waals surface area contributed by atoms with Crippen molar-refractivity contribution in [1.29, 1.82) is 5.26 Å². The van der Waals surface area contributed by atoms with E-state index in [0.29, 0.717) is 0 Å². The second-order valence-corrected chi connectivity index (χ2v) is 9.71. The molecule has 0 fully saturated rings. The normalized spacial score (nSPS) is 15.5. The first-order valence-electron chi connectivity index (χ1n) is 4.95. The highest BCUT2D eigenvalue weighted by atomic mass is 28.4. The lowest BCUT2D eigenvalue weighted by molar-refractivity contribution is 0.273. The summed E-state index contributed by atoms with van der Waals surface area (Å²) in [5, 5.41) is 9.04. The zero-order valence-corrected chi connectivity index (χ0v) is 11.1. The topological polar surface area (TPSA) is 33.0 Å². The van der Waals surface area contributed by atoms with Crippen molar-refractivity contribution in [2.75, 3.05) is 0 Å². The Hall–Kier alpha value is -0.593. The zero-order chi connectivity index (χ0) is 11.4. The molecule has 0 aliphatic rings. The van der Waals surface area contributed by atoms with Crippen LogP contribution in [0.2, 0.25) is 18.1 Å². The number of nitrogens with zero attached hydrogens (tertiary/aromatic N) is 1. The standard InChI is InChI=1S/C11H21NOSi/c1-7-8-10(9-12)13-14(5,6)11(2,3)4/h7-8,10H,1-6H3/b8-7+/t10-/m1/s1. The molecule has 0 unspecified atom stereocenters. The van der Waals surface area contributed by atoms with Crippen LogP contribution < -0.4 is 0 Å². The van der Waals surface area contributed by atoms with Crippen molar-refractivity contribution in [2.24, 2.45) is 0 Å². The lowest BCUT2D eigenvalue weighted by Gasteiger charge is -2.37. The van der Waals surface area contributed by atoms with E-state index in [4.69, 9.17) is 9.69 Å². The summed E-state index contributed by atoms with van der Waals surface area (Å²) in [5.41, 5.74) is 0. The van der Waals surface area contributed by atoms with Crippen LogP contribution in [-0.4, -0.2) is 14.4 Å². The Morgan fingerprint density at radius 2 is 1.86 bits per heavy atom. The number of allylic oxidation sites excluding steroid dienone is 1. The van der Waals surface area contributed by atoms with Crippen molar-refractivity contribution >= 4 is 8.32 Å². The monoisotopic (exact) mass is 211 g/mol. The predicted octanol–water partition coefficient (Wildman–Crippen LogP) is 3.48. The fraction of sp³-hybridized carbons (Fsp3) is 0.727. The highest BCUT2D eigenvalue weighted by Gasteiger charge is 2.38. The molecule has 0 aliphatic heterocycles. The Bertz CT molecular complexity index is 245. The van der Waals surface area contributed by atoms with Gasteiger partial charge >= 0.3 is 0 Å². The largest absolute Gasteiger partial charge is 0.398 e. The van der Waals surface area contributed by atoms with Gasteiger partial charge in [-0.3, -0.25) is 0 Å². The maximum Gasteiger partial charge on any atom is 0.194 e. The molecular formula is C11H21NOSi. The molecule has 0 aromatic heterocycles. The average molecular weight is 211 g/mol. The van der Waals surface area contributed by atoms with Crippen LogP contribution in [-0.2, 0) is 4.43 Å². The summed E-state index contributed by atoms with van der Waals surface area (Å²) < 4.78 is 5.88. The molecule has 0 saturated heterocycles. The predicted molar refractivity (Wildman–Crippen MR) is 62.5 cm³/mol. The molecule has 0 spiro atoms. The van der Waals surface area contributed by atoms with Crippen LogP contribution in [0, 0.1) is 11.3 Å². The first-order valence-corrected chi connectivity index (χ1v) is 7.85. The van der Waals surface area contributed by atoms with Crippen LogP contribution in [0.1, 0.15) is 27.7 Å². The Morgan fingerprint density at radius 1 is 1.36 bits per heavy atom. The first kappa shape index (κ1) is 13.4. The van der Waals surface area contributed by atoms with E-state index >= 15 is 0 Å². The third-order valence-corrected chi connectivity index (χ3v) is 7.18. The summed E-state index contributed by atoms with van der Waals surface area (Å²) in [6.07, 6.45) is 3.28. The molecule has 0 radical (unpaired) electrons. The molecular weight excluding hydrogens is 190 g/mol. The van der Waals surface area contributed by atoms with E-state index < -0.39 is 8.32 Å². The van der Waals surface area contributed by atoms with Crippen LogP contribution in [0.4, 0.5) is 0 Å². The maximum absolute atomic E-state index is 8.88. The molecule has 0 rings (SSSR count). The molecule has 0 amide bonds. The van der Waals surface area contributed by atoms with Gasteiger partial charge in [0.15, 0.2) is 14.4 Å². The number of hydrogen-bond donors (Lipinski definition) is 0. The second-order valence-electron chi connectivity index (χ2n) is 4.95. The van der Waals surface area contributed by atoms with E-state index in [-0.39, 0.29) is 11.1 Å². The van der Waals surface area contributed by atoms with Crippen LogP contribution in [0.25, 0.3) is 0 Å². The van der Waals surface area contributed by atoms with Gasteiger partial charge in [0.05, 0.1) is 6.07 Å². The Labute approximate surface area is 88.7 Å². The van der Waals surface area contributed by atoms with E-state index in [9.17, 15) is 0 Å². The van der Waals surface area contributed by atoms with Crippen LogP contribution in [0.5, 0.6) is 0 Å². The molecule has 2 nitrogen and oxygen atoms in total. The van der Waals surface area contributed by atoms with Crippen molar-refractivity contribution < 1.29 is 4.43 Å². The van der Waals surface area contributed by atoms with Gasteiger partial charge < -0.3 is 4.43 Å². The molecule has 0 aromatic rings.